The van der Waals surface area contributed by atoms with E-state index in [0.717, 1.165) is 82.9 Å². The van der Waals surface area contributed by atoms with Gasteiger partial charge in [0.1, 0.15) is 11.7 Å². The van der Waals surface area contributed by atoms with Crippen molar-refractivity contribution in [1.82, 2.24) is 34.1 Å². The van der Waals surface area contributed by atoms with E-state index in [1.54, 1.807) is 32.9 Å². The molecule has 0 saturated carbocycles. The summed E-state index contributed by atoms with van der Waals surface area (Å²) >= 11 is 0. The number of ether oxygens (including phenoxy) is 1. The standard InChI is InChI=1S/C26H35N9O3/c27-26(37)34-6-2-1-3-20(34)17-33-18-29-24-23(25(33)36)16-30-35(24)22-13-21(14-28-15-22)31-7-4-19(5-8-31)32-9-11-38-12-10-32/h13-16,18-20H,1-12,17H2,(H2,27,37). The summed E-state index contributed by atoms with van der Waals surface area (Å²) in [6.45, 7) is 6.63. The van der Waals surface area contributed by atoms with Crippen LogP contribution in [-0.2, 0) is 11.3 Å². The first-order valence-electron chi connectivity index (χ1n) is 13.6. The zero-order valence-electron chi connectivity index (χ0n) is 21.6. The van der Waals surface area contributed by atoms with E-state index in [1.165, 1.54) is 0 Å². The number of nitrogens with two attached hydrogens (primary N) is 1. The molecule has 0 spiro atoms. The van der Waals surface area contributed by atoms with E-state index in [4.69, 9.17) is 10.5 Å². The number of morpholine rings is 1. The molecule has 3 fully saturated rings. The zero-order valence-corrected chi connectivity index (χ0v) is 21.6. The molecule has 38 heavy (non-hydrogen) atoms. The van der Waals surface area contributed by atoms with Crippen LogP contribution < -0.4 is 16.2 Å². The van der Waals surface area contributed by atoms with Gasteiger partial charge in [0.25, 0.3) is 5.56 Å². The second-order valence-electron chi connectivity index (χ2n) is 10.4. The minimum atomic E-state index is -0.442. The molecular formula is C26H35N9O3. The van der Waals surface area contributed by atoms with Crippen LogP contribution >= 0.6 is 0 Å². The van der Waals surface area contributed by atoms with Gasteiger partial charge in [-0.2, -0.15) is 5.10 Å². The number of aromatic nitrogens is 5. The number of carbonyl (C=O) groups is 1. The van der Waals surface area contributed by atoms with Gasteiger partial charge in [-0.05, 0) is 38.2 Å². The van der Waals surface area contributed by atoms with Gasteiger partial charge in [0, 0.05) is 45.3 Å². The lowest BCUT2D eigenvalue weighted by Crippen LogP contribution is -2.49. The van der Waals surface area contributed by atoms with Crippen molar-refractivity contribution in [2.24, 2.45) is 5.73 Å². The summed E-state index contributed by atoms with van der Waals surface area (Å²) in [5.74, 6) is 0. The lowest BCUT2D eigenvalue weighted by Gasteiger charge is -2.40. The number of piperidine rings is 2. The molecule has 3 aromatic rings. The first kappa shape index (κ1) is 24.8. The molecule has 1 unspecified atom stereocenters. The molecule has 0 aliphatic carbocycles. The summed E-state index contributed by atoms with van der Waals surface area (Å²) in [7, 11) is 0. The van der Waals surface area contributed by atoms with E-state index < -0.39 is 6.03 Å². The Balaban J connectivity index is 1.19. The first-order valence-corrected chi connectivity index (χ1v) is 13.6. The maximum absolute atomic E-state index is 13.3. The van der Waals surface area contributed by atoms with Gasteiger partial charge in [-0.3, -0.25) is 19.2 Å². The molecule has 3 saturated heterocycles. The second kappa shape index (κ2) is 10.7. The molecule has 2 N–H and O–H groups in total. The molecule has 0 radical (unpaired) electrons. The summed E-state index contributed by atoms with van der Waals surface area (Å²) in [4.78, 5) is 40.8. The summed E-state index contributed by atoms with van der Waals surface area (Å²) in [6.07, 6.45) is 11.7. The number of fused-ring (bicyclic) bond motifs is 1. The molecule has 0 bridgehead atoms. The third kappa shape index (κ3) is 4.85. The van der Waals surface area contributed by atoms with E-state index in [0.29, 0.717) is 30.2 Å². The van der Waals surface area contributed by atoms with Gasteiger partial charge in [0.05, 0.1) is 49.2 Å². The van der Waals surface area contributed by atoms with Crippen molar-refractivity contribution in [2.75, 3.05) is 50.8 Å². The SMILES string of the molecule is NC(=O)N1CCCCC1Cn1cnc2c(cnn2-c2cncc(N3CCC(N4CCOCC4)CC3)c2)c1=O. The van der Waals surface area contributed by atoms with Crippen LogP contribution in [-0.4, -0.2) is 98.2 Å². The molecule has 6 rings (SSSR count). The quantitative estimate of drug-likeness (QED) is 0.531. The molecule has 6 heterocycles. The largest absolute Gasteiger partial charge is 0.379 e. The lowest BCUT2D eigenvalue weighted by atomic mass is 10.0. The van der Waals surface area contributed by atoms with Crippen LogP contribution in [0, 0.1) is 0 Å². The highest BCUT2D eigenvalue weighted by Gasteiger charge is 2.27. The number of carbonyl (C=O) groups excluding carboxylic acids is 1. The zero-order chi connectivity index (χ0) is 26.1. The fourth-order valence-electron chi connectivity index (χ4n) is 6.11. The topological polar surface area (TPSA) is 128 Å². The number of hydrogen-bond donors (Lipinski definition) is 1. The smallest absolute Gasteiger partial charge is 0.315 e. The Bertz CT molecular complexity index is 1340. The average molecular weight is 522 g/mol. The van der Waals surface area contributed by atoms with E-state index in [1.807, 2.05) is 6.20 Å². The van der Waals surface area contributed by atoms with Crippen molar-refractivity contribution in [3.05, 3.63) is 41.3 Å². The Kier molecular flexibility index (Phi) is 6.98. The Morgan fingerprint density at radius 2 is 1.79 bits per heavy atom. The Hall–Kier alpha value is -3.51. The Labute approximate surface area is 221 Å². The van der Waals surface area contributed by atoms with E-state index >= 15 is 0 Å². The predicted octanol–water partition coefficient (Wildman–Crippen LogP) is 1.21. The van der Waals surface area contributed by atoms with Crippen molar-refractivity contribution in [3.8, 4) is 5.69 Å². The molecule has 3 aromatic heterocycles. The summed E-state index contributed by atoms with van der Waals surface area (Å²) in [5.41, 5.74) is 7.70. The van der Waals surface area contributed by atoms with E-state index in [9.17, 15) is 9.59 Å². The molecule has 2 amide bonds. The highest BCUT2D eigenvalue weighted by molar-refractivity contribution is 5.75. The van der Waals surface area contributed by atoms with Crippen molar-refractivity contribution in [2.45, 2.75) is 50.7 Å². The fourth-order valence-corrected chi connectivity index (χ4v) is 6.11. The molecule has 1 atom stereocenters. The van der Waals surface area contributed by atoms with Gasteiger partial charge >= 0.3 is 6.03 Å². The number of anilines is 1. The predicted molar refractivity (Wildman–Crippen MR) is 142 cm³/mol. The molecule has 12 nitrogen and oxygen atoms in total. The monoisotopic (exact) mass is 521 g/mol. The van der Waals surface area contributed by atoms with E-state index in [2.05, 4.69) is 30.9 Å². The van der Waals surface area contributed by atoms with E-state index in [-0.39, 0.29) is 11.6 Å². The molecule has 0 aromatic carbocycles. The molecule has 202 valence electrons. The van der Waals surface area contributed by atoms with Gasteiger partial charge in [-0.1, -0.05) is 0 Å². The number of pyridine rings is 1. The number of amides is 2. The number of urea groups is 1. The summed E-state index contributed by atoms with van der Waals surface area (Å²) < 4.78 is 8.75. The minimum absolute atomic E-state index is 0.110. The van der Waals surface area contributed by atoms with Crippen LogP contribution in [0.1, 0.15) is 32.1 Å². The third-order valence-electron chi connectivity index (χ3n) is 8.22. The van der Waals surface area contributed by atoms with Gasteiger partial charge in [0.15, 0.2) is 5.65 Å². The van der Waals surface area contributed by atoms with Crippen LogP contribution in [0.3, 0.4) is 0 Å². The Morgan fingerprint density at radius 1 is 1.00 bits per heavy atom. The number of rotatable bonds is 5. The highest BCUT2D eigenvalue weighted by Crippen LogP contribution is 2.25. The highest BCUT2D eigenvalue weighted by atomic mass is 16.5. The van der Waals surface area contributed by atoms with Crippen molar-refractivity contribution >= 4 is 22.8 Å². The number of likely N-dealkylation sites (tertiary alicyclic amines) is 1. The lowest BCUT2D eigenvalue weighted by molar-refractivity contribution is 0.0115. The number of nitrogens with zero attached hydrogens (tertiary/aromatic N) is 8. The maximum Gasteiger partial charge on any atom is 0.315 e. The first-order chi connectivity index (χ1) is 18.6. The molecule has 3 aliphatic rings. The van der Waals surface area contributed by atoms with Gasteiger partial charge in [-0.15, -0.1) is 0 Å². The third-order valence-corrected chi connectivity index (χ3v) is 8.22. The van der Waals surface area contributed by atoms with Gasteiger partial charge < -0.3 is 20.3 Å². The van der Waals surface area contributed by atoms with Crippen LogP contribution in [0.4, 0.5) is 10.5 Å². The maximum atomic E-state index is 13.3. The normalized spacial score (nSPS) is 21.7. The average Bonchev–Trinajstić information content (AvgIpc) is 3.40. The molecule has 12 heteroatoms. The molecular weight excluding hydrogens is 486 g/mol. The molecule has 3 aliphatic heterocycles. The summed E-state index contributed by atoms with van der Waals surface area (Å²) in [5, 5.41) is 4.93. The second-order valence-corrected chi connectivity index (χ2v) is 10.4. The fraction of sp³-hybridized carbons (Fsp3) is 0.577. The Morgan fingerprint density at radius 3 is 2.58 bits per heavy atom. The van der Waals surface area contributed by atoms with Crippen LogP contribution in [0.15, 0.2) is 35.8 Å². The van der Waals surface area contributed by atoms with Gasteiger partial charge in [0.2, 0.25) is 0 Å². The van der Waals surface area contributed by atoms with Crippen LogP contribution in [0.5, 0.6) is 0 Å². The van der Waals surface area contributed by atoms with Crippen LogP contribution in [0.2, 0.25) is 0 Å². The summed E-state index contributed by atoms with van der Waals surface area (Å²) in [6, 6.07) is 2.12. The van der Waals surface area contributed by atoms with Crippen LogP contribution in [0.25, 0.3) is 16.7 Å². The van der Waals surface area contributed by atoms with Gasteiger partial charge in [-0.25, -0.2) is 14.5 Å². The van der Waals surface area contributed by atoms with Crippen molar-refractivity contribution in [3.63, 3.8) is 0 Å². The van der Waals surface area contributed by atoms with Crippen molar-refractivity contribution in [1.29, 1.82) is 0 Å². The van der Waals surface area contributed by atoms with Crippen molar-refractivity contribution < 1.29 is 9.53 Å². The minimum Gasteiger partial charge on any atom is -0.379 e. The number of primary amides is 1. The number of hydrogen-bond acceptors (Lipinski definition) is 8.